The molecule has 2 aromatic carbocycles. The number of ether oxygens (including phenoxy) is 3. The molecule has 0 aliphatic heterocycles. The van der Waals surface area contributed by atoms with E-state index in [0.717, 1.165) is 11.1 Å². The molecule has 0 bridgehead atoms. The lowest BCUT2D eigenvalue weighted by atomic mass is 10.1. The molecule has 4 N–H and O–H groups in total. The third kappa shape index (κ3) is 15.1. The number of alkyl carbamates (subject to hydrolysis) is 1. The summed E-state index contributed by atoms with van der Waals surface area (Å²) in [5, 5.41) is 2.88. The number of amides is 2. The number of rotatable bonds is 19. The Morgan fingerprint density at radius 3 is 2.44 bits per heavy atom. The van der Waals surface area contributed by atoms with Gasteiger partial charge in [-0.15, -0.1) is 0 Å². The number of sulfonamides is 1. The van der Waals surface area contributed by atoms with Gasteiger partial charge in [-0.25, -0.2) is 22.7 Å². The molecular weight excluding hydrogens is 751 g/mol. The molecule has 0 unspecified atom stereocenters. The topological polar surface area (TPSA) is 214 Å². The molecule has 3 aromatic rings. The first-order valence-corrected chi connectivity index (χ1v) is 19.7. The Labute approximate surface area is 325 Å². The SMILES string of the molecule is C=CCOC(=O)[C@@H](CCCN=C(N)NS(=O)(=O)c1ccc(C)cc1)N(CCNC(=O)OC(C)(C)C)C(=O)Cn1ccc(=O)nc1SCc1ccc(OC)cc1. The summed E-state index contributed by atoms with van der Waals surface area (Å²) in [6.45, 7) is 9.87. The fourth-order valence-electron chi connectivity index (χ4n) is 4.87. The molecule has 1 atom stereocenters. The second-order valence-corrected chi connectivity index (χ2v) is 15.7. The van der Waals surface area contributed by atoms with E-state index in [1.807, 2.05) is 31.2 Å². The van der Waals surface area contributed by atoms with Crippen LogP contribution in [0, 0.1) is 6.92 Å². The maximum absolute atomic E-state index is 14.2. The van der Waals surface area contributed by atoms with Gasteiger partial charge in [0.1, 0.15) is 30.5 Å². The summed E-state index contributed by atoms with van der Waals surface area (Å²) < 4.78 is 45.2. The lowest BCUT2D eigenvalue weighted by Crippen LogP contribution is -2.50. The molecule has 55 heavy (non-hydrogen) atoms. The highest BCUT2D eigenvalue weighted by atomic mass is 32.2. The van der Waals surface area contributed by atoms with Gasteiger partial charge >= 0.3 is 12.1 Å². The van der Waals surface area contributed by atoms with Gasteiger partial charge in [-0.3, -0.25) is 14.6 Å². The molecule has 3 rings (SSSR count). The second-order valence-electron chi connectivity index (χ2n) is 13.1. The molecule has 0 radical (unpaired) electrons. The third-order valence-corrected chi connectivity index (χ3v) is 9.93. The zero-order chi connectivity index (χ0) is 40.6. The van der Waals surface area contributed by atoms with Gasteiger partial charge in [-0.05, 0) is 70.4 Å². The van der Waals surface area contributed by atoms with Gasteiger partial charge < -0.3 is 34.7 Å². The van der Waals surface area contributed by atoms with Crippen molar-refractivity contribution in [1.29, 1.82) is 0 Å². The van der Waals surface area contributed by atoms with E-state index in [9.17, 15) is 27.6 Å². The van der Waals surface area contributed by atoms with Crippen molar-refractivity contribution in [2.75, 3.05) is 33.4 Å². The van der Waals surface area contributed by atoms with Crippen LogP contribution < -0.4 is 26.1 Å². The molecule has 16 nitrogen and oxygen atoms in total. The highest BCUT2D eigenvalue weighted by molar-refractivity contribution is 7.98. The minimum absolute atomic E-state index is 0.00988. The number of aliphatic imine (C=N–C) groups is 1. The smallest absolute Gasteiger partial charge is 0.407 e. The van der Waals surface area contributed by atoms with Gasteiger partial charge in [-0.2, -0.15) is 4.98 Å². The normalized spacial score (nSPS) is 12.3. The first-order chi connectivity index (χ1) is 26.0. The number of esters is 1. The molecular formula is C37H49N7O9S2. The first kappa shape index (κ1) is 44.0. The van der Waals surface area contributed by atoms with Crippen LogP contribution in [0.3, 0.4) is 0 Å². The van der Waals surface area contributed by atoms with Crippen LogP contribution in [-0.4, -0.2) is 91.8 Å². The van der Waals surface area contributed by atoms with Crippen LogP contribution in [0.4, 0.5) is 4.79 Å². The van der Waals surface area contributed by atoms with Crippen molar-refractivity contribution in [2.45, 2.75) is 74.5 Å². The molecule has 0 saturated heterocycles. The minimum Gasteiger partial charge on any atom is -0.497 e. The Hall–Kier alpha value is -5.36. The third-order valence-electron chi connectivity index (χ3n) is 7.50. The van der Waals surface area contributed by atoms with Gasteiger partial charge in [0.15, 0.2) is 5.16 Å². The van der Waals surface area contributed by atoms with Gasteiger partial charge in [0.05, 0.1) is 12.0 Å². The van der Waals surface area contributed by atoms with E-state index in [2.05, 4.69) is 26.6 Å². The molecule has 1 aromatic heterocycles. The molecule has 0 aliphatic rings. The number of hydrogen-bond acceptors (Lipinski definition) is 12. The molecule has 1 heterocycles. The van der Waals surface area contributed by atoms with E-state index >= 15 is 0 Å². The molecule has 0 fully saturated rings. The van der Waals surface area contributed by atoms with Crippen molar-refractivity contribution in [1.82, 2.24) is 24.5 Å². The Balaban J connectivity index is 1.84. The number of aryl methyl sites for hydroxylation is 1. The Morgan fingerprint density at radius 1 is 1.11 bits per heavy atom. The van der Waals surface area contributed by atoms with Gasteiger partial charge in [0.25, 0.3) is 15.6 Å². The van der Waals surface area contributed by atoms with Gasteiger partial charge in [0.2, 0.25) is 11.9 Å². The fraction of sp³-hybridized carbons (Fsp3) is 0.405. The highest BCUT2D eigenvalue weighted by Gasteiger charge is 2.31. The summed E-state index contributed by atoms with van der Waals surface area (Å²) in [5.74, 6) is -0.521. The van der Waals surface area contributed by atoms with Crippen molar-refractivity contribution in [3.8, 4) is 5.75 Å². The summed E-state index contributed by atoms with van der Waals surface area (Å²) >= 11 is 1.25. The number of aromatic nitrogens is 2. The molecule has 0 aliphatic carbocycles. The molecule has 0 saturated carbocycles. The van der Waals surface area contributed by atoms with E-state index < -0.39 is 45.2 Å². The average molecular weight is 800 g/mol. The van der Waals surface area contributed by atoms with Crippen molar-refractivity contribution >= 4 is 45.7 Å². The predicted octanol–water partition coefficient (Wildman–Crippen LogP) is 3.38. The van der Waals surface area contributed by atoms with Crippen LogP contribution in [0.15, 0.2) is 93.3 Å². The average Bonchev–Trinajstić information content (AvgIpc) is 3.12. The lowest BCUT2D eigenvalue weighted by Gasteiger charge is -2.31. The summed E-state index contributed by atoms with van der Waals surface area (Å²) in [4.78, 5) is 61.9. The number of guanidine groups is 1. The summed E-state index contributed by atoms with van der Waals surface area (Å²) in [7, 11) is -2.42. The quantitative estimate of drug-likeness (QED) is 0.0303. The number of nitrogens with zero attached hydrogens (tertiary/aromatic N) is 4. The number of hydrogen-bond donors (Lipinski definition) is 3. The fourth-order valence-corrected chi connectivity index (χ4v) is 6.76. The standard InChI is InChI=1S/C37H49N7O9S2/c1-7-23-52-33(47)30(9-8-19-39-34(38)42-55(49,50)29-16-10-26(2)11-17-29)44(22-20-40-36(48)53-37(3,4)5)32(46)24-43-21-18-31(45)41-35(43)54-25-27-12-14-28(51-6)15-13-27/h7,10-18,21,30H,1,8-9,19-20,22-25H2,2-6H3,(H,40,48)(H3,38,39,42)/t30-/m1/s1. The van der Waals surface area contributed by atoms with Crippen LogP contribution >= 0.6 is 11.8 Å². The zero-order valence-corrected chi connectivity index (χ0v) is 33.3. The lowest BCUT2D eigenvalue weighted by molar-refractivity contribution is -0.155. The number of benzene rings is 2. The largest absolute Gasteiger partial charge is 0.497 e. The van der Waals surface area contributed by atoms with E-state index in [1.54, 1.807) is 40.0 Å². The highest BCUT2D eigenvalue weighted by Crippen LogP contribution is 2.22. The summed E-state index contributed by atoms with van der Waals surface area (Å²) in [6.07, 6.45) is 2.31. The van der Waals surface area contributed by atoms with E-state index in [4.69, 9.17) is 19.9 Å². The zero-order valence-electron chi connectivity index (χ0n) is 31.6. The van der Waals surface area contributed by atoms with Crippen molar-refractivity contribution < 1.29 is 37.0 Å². The Bertz CT molecular complexity index is 1960. The first-order valence-electron chi connectivity index (χ1n) is 17.3. The van der Waals surface area contributed by atoms with Crippen LogP contribution in [0.25, 0.3) is 0 Å². The maximum atomic E-state index is 14.2. The molecule has 298 valence electrons. The monoisotopic (exact) mass is 799 g/mol. The minimum atomic E-state index is -3.99. The Morgan fingerprint density at radius 2 is 1.80 bits per heavy atom. The number of carbonyl (C=O) groups excluding carboxylic acids is 3. The van der Waals surface area contributed by atoms with Gasteiger partial charge in [-0.1, -0.05) is 54.2 Å². The van der Waals surface area contributed by atoms with Gasteiger partial charge in [0, 0.05) is 37.7 Å². The van der Waals surface area contributed by atoms with E-state index in [-0.39, 0.29) is 61.6 Å². The van der Waals surface area contributed by atoms with Crippen LogP contribution in [0.2, 0.25) is 0 Å². The molecule has 0 spiro atoms. The van der Waals surface area contributed by atoms with Crippen LogP contribution in [-0.2, 0) is 41.4 Å². The maximum Gasteiger partial charge on any atom is 0.407 e. The van der Waals surface area contributed by atoms with Crippen LogP contribution in [0.5, 0.6) is 5.75 Å². The Kier molecular flexibility index (Phi) is 16.8. The van der Waals surface area contributed by atoms with Crippen molar-refractivity contribution in [3.63, 3.8) is 0 Å². The predicted molar refractivity (Wildman–Crippen MR) is 209 cm³/mol. The number of carbonyl (C=O) groups is 3. The number of nitrogens with two attached hydrogens (primary N) is 1. The number of nitrogens with one attached hydrogen (secondary N) is 2. The molecule has 2 amide bonds. The van der Waals surface area contributed by atoms with Crippen molar-refractivity contribution in [3.05, 3.63) is 94.9 Å². The van der Waals surface area contributed by atoms with Crippen molar-refractivity contribution in [2.24, 2.45) is 10.7 Å². The number of thioether (sulfide) groups is 1. The summed E-state index contributed by atoms with van der Waals surface area (Å²) in [5.41, 5.74) is 6.44. The van der Waals surface area contributed by atoms with E-state index in [1.165, 1.54) is 51.7 Å². The summed E-state index contributed by atoms with van der Waals surface area (Å²) in [6, 6.07) is 13.6. The van der Waals surface area contributed by atoms with Crippen LogP contribution in [0.1, 0.15) is 44.7 Å². The second kappa shape index (κ2) is 20.9. The molecule has 18 heteroatoms. The number of methoxy groups -OCH3 is 1. The van der Waals surface area contributed by atoms with E-state index in [0.29, 0.717) is 11.5 Å².